The minimum absolute atomic E-state index is 0.00250. The molecule has 1 atom stereocenters. The van der Waals surface area contributed by atoms with E-state index in [9.17, 15) is 18.9 Å². The number of ether oxygens (including phenoxy) is 2. The first kappa shape index (κ1) is 23.5. The third-order valence-electron chi connectivity index (χ3n) is 4.64. The van der Waals surface area contributed by atoms with E-state index in [1.54, 1.807) is 0 Å². The molecule has 0 aliphatic carbocycles. The summed E-state index contributed by atoms with van der Waals surface area (Å²) in [5.41, 5.74) is -0.309. The highest BCUT2D eigenvalue weighted by Gasteiger charge is 2.30. The summed E-state index contributed by atoms with van der Waals surface area (Å²) in [5, 5.41) is 20.0. The fourth-order valence-corrected chi connectivity index (χ4v) is 3.53. The predicted molar refractivity (Wildman–Crippen MR) is 115 cm³/mol. The molecule has 0 N–H and O–H groups in total. The second kappa shape index (κ2) is 9.30. The number of rotatable bonds is 8. The van der Waals surface area contributed by atoms with Crippen molar-refractivity contribution in [3.63, 3.8) is 0 Å². The lowest BCUT2D eigenvalue weighted by Gasteiger charge is -2.09. The summed E-state index contributed by atoms with van der Waals surface area (Å²) in [6.07, 6.45) is 0.585. The van der Waals surface area contributed by atoms with E-state index in [1.807, 2.05) is 0 Å². The molecule has 0 aromatic carbocycles. The molecule has 4 aromatic heterocycles. The molecule has 178 valence electrons. The highest BCUT2D eigenvalue weighted by molar-refractivity contribution is 6.34. The molecule has 0 spiro atoms. The van der Waals surface area contributed by atoms with E-state index in [1.165, 1.54) is 24.9 Å². The van der Waals surface area contributed by atoms with Gasteiger partial charge in [-0.05, 0) is 18.5 Å². The van der Waals surface area contributed by atoms with Gasteiger partial charge in [-0.2, -0.15) is 10.1 Å². The summed E-state index contributed by atoms with van der Waals surface area (Å²) in [7, 11) is 1.30. The maximum atomic E-state index is 14.8. The van der Waals surface area contributed by atoms with Crippen LogP contribution in [-0.2, 0) is 6.54 Å². The molecule has 4 rings (SSSR count). The van der Waals surface area contributed by atoms with Crippen LogP contribution in [0.4, 0.5) is 14.5 Å². The number of hydrogen-bond acceptors (Lipinski definition) is 9. The Morgan fingerprint density at radius 1 is 1.24 bits per heavy atom. The second-order valence-electron chi connectivity index (χ2n) is 6.85. The van der Waals surface area contributed by atoms with Crippen LogP contribution in [0.15, 0.2) is 18.5 Å². The van der Waals surface area contributed by atoms with Crippen LogP contribution in [0.5, 0.6) is 11.8 Å². The molecule has 0 aliphatic rings. The average Bonchev–Trinajstić information content (AvgIpc) is 3.28. The van der Waals surface area contributed by atoms with Crippen molar-refractivity contribution in [1.29, 1.82) is 0 Å². The molecule has 0 bridgehead atoms. The molecule has 0 aliphatic heterocycles. The van der Waals surface area contributed by atoms with E-state index in [4.69, 9.17) is 32.7 Å². The molecular formula is C18H14Cl2F2N8O4. The quantitative estimate of drug-likeness (QED) is 0.196. The van der Waals surface area contributed by atoms with Gasteiger partial charge in [-0.1, -0.05) is 11.6 Å². The van der Waals surface area contributed by atoms with Crippen molar-refractivity contribution < 1.29 is 23.2 Å². The first-order chi connectivity index (χ1) is 16.2. The maximum Gasteiger partial charge on any atom is 0.353 e. The highest BCUT2D eigenvalue weighted by Crippen LogP contribution is 2.34. The van der Waals surface area contributed by atoms with Gasteiger partial charge in [0.25, 0.3) is 0 Å². The van der Waals surface area contributed by atoms with E-state index >= 15 is 0 Å². The predicted octanol–water partition coefficient (Wildman–Crippen LogP) is 3.50. The van der Waals surface area contributed by atoms with Gasteiger partial charge in [-0.3, -0.25) is 10.1 Å². The highest BCUT2D eigenvalue weighted by atomic mass is 35.5. The summed E-state index contributed by atoms with van der Waals surface area (Å²) in [5.74, 6) is -1.21. The third kappa shape index (κ3) is 4.41. The van der Waals surface area contributed by atoms with Crippen molar-refractivity contribution >= 4 is 39.9 Å². The van der Waals surface area contributed by atoms with Gasteiger partial charge in [0, 0.05) is 12.3 Å². The number of hydrogen-bond donors (Lipinski definition) is 0. The van der Waals surface area contributed by atoms with E-state index in [-0.39, 0.29) is 39.9 Å². The van der Waals surface area contributed by atoms with Crippen LogP contribution in [0.1, 0.15) is 5.69 Å². The lowest BCUT2D eigenvalue weighted by atomic mass is 10.3. The minimum atomic E-state index is -1.69. The maximum absolute atomic E-state index is 14.8. The van der Waals surface area contributed by atoms with Crippen molar-refractivity contribution in [1.82, 2.24) is 34.5 Å². The number of pyridine rings is 1. The summed E-state index contributed by atoms with van der Waals surface area (Å²) >= 11 is 11.8. The largest absolute Gasteiger partial charge is 0.479 e. The van der Waals surface area contributed by atoms with Crippen molar-refractivity contribution in [3.05, 3.63) is 50.5 Å². The van der Waals surface area contributed by atoms with Gasteiger partial charge in [-0.25, -0.2) is 28.1 Å². The molecule has 0 saturated heterocycles. The van der Waals surface area contributed by atoms with Crippen LogP contribution in [0.2, 0.25) is 10.4 Å². The first-order valence-electron chi connectivity index (χ1n) is 9.45. The van der Waals surface area contributed by atoms with Gasteiger partial charge in [0.2, 0.25) is 11.2 Å². The number of nitrogens with zero attached hydrogens (tertiary/aromatic N) is 8. The van der Waals surface area contributed by atoms with Crippen molar-refractivity contribution in [2.24, 2.45) is 0 Å². The molecule has 0 fully saturated rings. The molecule has 16 heteroatoms. The lowest BCUT2D eigenvalue weighted by Crippen LogP contribution is -2.21. The van der Waals surface area contributed by atoms with Crippen molar-refractivity contribution in [2.45, 2.75) is 19.6 Å². The van der Waals surface area contributed by atoms with Gasteiger partial charge in [-0.15, -0.1) is 5.10 Å². The van der Waals surface area contributed by atoms with Gasteiger partial charge in [0.1, 0.15) is 23.8 Å². The number of methoxy groups -OCH3 is 1. The van der Waals surface area contributed by atoms with Crippen LogP contribution in [-0.4, -0.2) is 59.3 Å². The monoisotopic (exact) mass is 514 g/mol. The van der Waals surface area contributed by atoms with Gasteiger partial charge in [0.15, 0.2) is 17.0 Å². The second-order valence-corrected chi connectivity index (χ2v) is 7.54. The van der Waals surface area contributed by atoms with E-state index in [0.29, 0.717) is 5.39 Å². The molecular weight excluding hydrogens is 501 g/mol. The SMILES string of the molecule is COc1ncc(F)cc1-n1nc(OCC(F)Cn2nc(Cl)c3cnc(Cl)nc32)c([N+](=O)[O-])c1C. The number of nitro groups is 1. The van der Waals surface area contributed by atoms with Crippen molar-refractivity contribution in [3.8, 4) is 17.4 Å². The van der Waals surface area contributed by atoms with E-state index < -0.39 is 35.1 Å². The number of aromatic nitrogens is 7. The smallest absolute Gasteiger partial charge is 0.353 e. The Labute approximate surface area is 199 Å². The summed E-state index contributed by atoms with van der Waals surface area (Å²) in [6.45, 7) is 0.413. The van der Waals surface area contributed by atoms with Crippen LogP contribution in [0, 0.1) is 22.9 Å². The Balaban J connectivity index is 1.59. The van der Waals surface area contributed by atoms with Crippen molar-refractivity contribution in [2.75, 3.05) is 13.7 Å². The zero-order chi connectivity index (χ0) is 24.6. The fourth-order valence-electron chi connectivity index (χ4n) is 3.17. The topological polar surface area (TPSA) is 136 Å². The zero-order valence-corrected chi connectivity index (χ0v) is 19.0. The number of fused-ring (bicyclic) bond motifs is 1. The van der Waals surface area contributed by atoms with Crippen LogP contribution >= 0.6 is 23.2 Å². The number of alkyl halides is 1. The Morgan fingerprint density at radius 3 is 2.71 bits per heavy atom. The van der Waals surface area contributed by atoms with E-state index in [0.717, 1.165) is 16.9 Å². The molecule has 0 saturated carbocycles. The Kier molecular flexibility index (Phi) is 6.43. The zero-order valence-electron chi connectivity index (χ0n) is 17.4. The normalized spacial score (nSPS) is 12.2. The molecule has 0 amide bonds. The average molecular weight is 515 g/mol. The number of halogens is 4. The van der Waals surface area contributed by atoms with Gasteiger partial charge < -0.3 is 9.47 Å². The minimum Gasteiger partial charge on any atom is -0.479 e. The van der Waals surface area contributed by atoms with Gasteiger partial charge >= 0.3 is 11.6 Å². The standard InChI is InChI=1S/C18H14Cl2F2N8O4/c1-8-13(30(31)32)17(27-29(8)12-3-9(21)4-23-16(12)33-2)34-7-10(22)6-28-15-11(14(19)26-28)5-24-18(20)25-15/h3-5,10H,6-7H2,1-2H3. The first-order valence-corrected chi connectivity index (χ1v) is 10.2. The van der Waals surface area contributed by atoms with Crippen LogP contribution in [0.25, 0.3) is 16.7 Å². The van der Waals surface area contributed by atoms with Crippen LogP contribution < -0.4 is 9.47 Å². The molecule has 12 nitrogen and oxygen atoms in total. The summed E-state index contributed by atoms with van der Waals surface area (Å²) in [6, 6.07) is 1.04. The Morgan fingerprint density at radius 2 is 2.00 bits per heavy atom. The molecule has 1 unspecified atom stereocenters. The summed E-state index contributed by atoms with van der Waals surface area (Å²) < 4.78 is 41.1. The third-order valence-corrected chi connectivity index (χ3v) is 5.10. The Hall–Kier alpha value is -3.65. The molecule has 34 heavy (non-hydrogen) atoms. The molecule has 4 aromatic rings. The van der Waals surface area contributed by atoms with Crippen LogP contribution in [0.3, 0.4) is 0 Å². The van der Waals surface area contributed by atoms with E-state index in [2.05, 4.69) is 25.1 Å². The summed E-state index contributed by atoms with van der Waals surface area (Å²) in [4.78, 5) is 22.5. The molecule has 0 radical (unpaired) electrons. The lowest BCUT2D eigenvalue weighted by molar-refractivity contribution is -0.386. The van der Waals surface area contributed by atoms with Gasteiger partial charge in [0.05, 0.1) is 30.2 Å². The Bertz CT molecular complexity index is 1400. The fraction of sp³-hybridized carbons (Fsp3) is 0.278. The molecule has 4 heterocycles.